The first kappa shape index (κ1) is 10.6. The first-order valence-corrected chi connectivity index (χ1v) is 4.56. The third-order valence-electron chi connectivity index (χ3n) is 1.81. The fraction of sp³-hybridized carbons (Fsp3) is 0.364. The van der Waals surface area contributed by atoms with Crippen molar-refractivity contribution in [3.63, 3.8) is 0 Å². The molecule has 3 heteroatoms. The molecule has 0 unspecified atom stereocenters. The van der Waals surface area contributed by atoms with Crippen LogP contribution in [0.1, 0.15) is 35.9 Å². The summed E-state index contributed by atoms with van der Waals surface area (Å²) in [5.74, 6) is 0.282. The number of allylic oxidation sites excluding steroid dienone is 1. The molecule has 0 atom stereocenters. The summed E-state index contributed by atoms with van der Waals surface area (Å²) < 4.78 is 0. The molecule has 0 saturated heterocycles. The van der Waals surface area contributed by atoms with Crippen LogP contribution in [0.5, 0.6) is 0 Å². The number of rotatable bonds is 4. The molecule has 0 aliphatic heterocycles. The molecule has 1 aromatic rings. The Labute approximate surface area is 83.9 Å². The van der Waals surface area contributed by atoms with Crippen molar-refractivity contribution >= 4 is 5.78 Å². The molecule has 74 valence electrons. The Morgan fingerprint density at radius 2 is 1.93 bits per heavy atom. The molecule has 0 bridgehead atoms. The average molecular weight is 190 g/mol. The average Bonchev–Trinajstić information content (AvgIpc) is 2.15. The molecule has 0 radical (unpaired) electrons. The molecule has 1 heterocycles. The van der Waals surface area contributed by atoms with Crippen LogP contribution in [-0.2, 0) is 0 Å². The lowest BCUT2D eigenvalue weighted by Crippen LogP contribution is -2.05. The number of aromatic nitrogens is 2. The minimum atomic E-state index is -0.0204. The zero-order valence-electron chi connectivity index (χ0n) is 8.58. The van der Waals surface area contributed by atoms with Crippen LogP contribution in [0.3, 0.4) is 0 Å². The Balaban J connectivity index is 2.61. The fourth-order valence-electron chi connectivity index (χ4n) is 0.975. The molecule has 1 aromatic heterocycles. The number of hydrogen-bond donors (Lipinski definition) is 0. The highest BCUT2D eigenvalue weighted by molar-refractivity contribution is 5.92. The van der Waals surface area contributed by atoms with E-state index in [0.717, 1.165) is 11.1 Å². The van der Waals surface area contributed by atoms with E-state index in [9.17, 15) is 4.79 Å². The maximum Gasteiger partial charge on any atom is 0.200 e. The summed E-state index contributed by atoms with van der Waals surface area (Å²) in [4.78, 5) is 19.4. The van der Waals surface area contributed by atoms with Crippen LogP contribution >= 0.6 is 0 Å². The fourth-order valence-corrected chi connectivity index (χ4v) is 0.975. The Hall–Kier alpha value is -1.51. The molecule has 14 heavy (non-hydrogen) atoms. The summed E-state index contributed by atoms with van der Waals surface area (Å²) in [6, 6.07) is 0. The largest absolute Gasteiger partial charge is 0.291 e. The zero-order valence-corrected chi connectivity index (χ0v) is 8.58. The smallest absolute Gasteiger partial charge is 0.200 e. The minimum absolute atomic E-state index is 0.0204. The summed E-state index contributed by atoms with van der Waals surface area (Å²) in [7, 11) is 0. The molecule has 3 nitrogen and oxygen atoms in total. The van der Waals surface area contributed by atoms with Gasteiger partial charge in [0.15, 0.2) is 11.6 Å². The summed E-state index contributed by atoms with van der Waals surface area (Å²) >= 11 is 0. The monoisotopic (exact) mass is 190 g/mol. The van der Waals surface area contributed by atoms with Gasteiger partial charge in [-0.15, -0.1) is 6.58 Å². The number of carbonyl (C=O) groups is 1. The van der Waals surface area contributed by atoms with Gasteiger partial charge in [0.25, 0.3) is 0 Å². The quantitative estimate of drug-likeness (QED) is 0.540. The van der Waals surface area contributed by atoms with Crippen molar-refractivity contribution in [2.24, 2.45) is 0 Å². The first-order valence-electron chi connectivity index (χ1n) is 4.56. The van der Waals surface area contributed by atoms with E-state index in [1.54, 1.807) is 12.4 Å². The molecule has 0 aliphatic carbocycles. The SMILES string of the molecule is C=C(C)CCC(=O)c1ncc(C)cn1. The normalized spacial score (nSPS) is 9.86. The van der Waals surface area contributed by atoms with Crippen molar-refractivity contribution in [1.29, 1.82) is 0 Å². The van der Waals surface area contributed by atoms with Crippen LogP contribution in [-0.4, -0.2) is 15.8 Å². The maximum absolute atomic E-state index is 11.5. The predicted octanol–water partition coefficient (Wildman–Crippen LogP) is 2.32. The standard InChI is InChI=1S/C11H14N2O/c1-8(2)4-5-10(14)11-12-6-9(3)7-13-11/h6-7H,1,4-5H2,2-3H3. The molecule has 0 amide bonds. The van der Waals surface area contributed by atoms with Gasteiger partial charge in [-0.3, -0.25) is 4.79 Å². The van der Waals surface area contributed by atoms with Gasteiger partial charge in [-0.25, -0.2) is 9.97 Å². The topological polar surface area (TPSA) is 42.9 Å². The third-order valence-corrected chi connectivity index (χ3v) is 1.81. The van der Waals surface area contributed by atoms with Crippen molar-refractivity contribution in [3.05, 3.63) is 35.9 Å². The minimum Gasteiger partial charge on any atom is -0.291 e. The number of Topliss-reactive ketones (excluding diaryl/α,β-unsaturated/α-hetero) is 1. The van der Waals surface area contributed by atoms with Gasteiger partial charge in [0.2, 0.25) is 0 Å². The van der Waals surface area contributed by atoms with Gasteiger partial charge in [0.05, 0.1) is 0 Å². The highest BCUT2D eigenvalue weighted by Gasteiger charge is 2.07. The summed E-state index contributed by atoms with van der Waals surface area (Å²) in [5, 5.41) is 0. The summed E-state index contributed by atoms with van der Waals surface area (Å²) in [6.07, 6.45) is 4.45. The van der Waals surface area contributed by atoms with E-state index in [4.69, 9.17) is 0 Å². The van der Waals surface area contributed by atoms with Crippen LogP contribution in [0.4, 0.5) is 0 Å². The van der Waals surface area contributed by atoms with Crippen LogP contribution in [0.2, 0.25) is 0 Å². The van der Waals surface area contributed by atoms with Crippen molar-refractivity contribution in [3.8, 4) is 0 Å². The Kier molecular flexibility index (Phi) is 3.51. The van der Waals surface area contributed by atoms with E-state index in [1.807, 2.05) is 13.8 Å². The zero-order chi connectivity index (χ0) is 10.6. The summed E-state index contributed by atoms with van der Waals surface area (Å²) in [5.41, 5.74) is 1.96. The second-order valence-corrected chi connectivity index (χ2v) is 3.46. The summed E-state index contributed by atoms with van der Waals surface area (Å²) in [6.45, 7) is 7.54. The number of hydrogen-bond acceptors (Lipinski definition) is 3. The first-order chi connectivity index (χ1) is 6.59. The lowest BCUT2D eigenvalue weighted by Gasteiger charge is -1.99. The van der Waals surface area contributed by atoms with Gasteiger partial charge in [-0.2, -0.15) is 0 Å². The van der Waals surface area contributed by atoms with Gasteiger partial charge in [-0.1, -0.05) is 5.57 Å². The third kappa shape index (κ3) is 3.09. The Morgan fingerprint density at radius 1 is 1.36 bits per heavy atom. The van der Waals surface area contributed by atoms with E-state index in [0.29, 0.717) is 18.7 Å². The van der Waals surface area contributed by atoms with Gasteiger partial charge in [0.1, 0.15) is 0 Å². The molecule has 0 N–H and O–H groups in total. The lowest BCUT2D eigenvalue weighted by atomic mass is 10.1. The van der Waals surface area contributed by atoms with Crippen LogP contribution < -0.4 is 0 Å². The van der Waals surface area contributed by atoms with Gasteiger partial charge < -0.3 is 0 Å². The molecule has 0 aromatic carbocycles. The second-order valence-electron chi connectivity index (χ2n) is 3.46. The number of aryl methyl sites for hydroxylation is 1. The molecule has 0 saturated carbocycles. The highest BCUT2D eigenvalue weighted by atomic mass is 16.1. The van der Waals surface area contributed by atoms with Crippen molar-refractivity contribution in [2.75, 3.05) is 0 Å². The van der Waals surface area contributed by atoms with E-state index in [2.05, 4.69) is 16.5 Å². The van der Waals surface area contributed by atoms with E-state index >= 15 is 0 Å². The van der Waals surface area contributed by atoms with Crippen molar-refractivity contribution in [1.82, 2.24) is 9.97 Å². The predicted molar refractivity (Wildman–Crippen MR) is 55.1 cm³/mol. The number of carbonyl (C=O) groups excluding carboxylic acids is 1. The lowest BCUT2D eigenvalue weighted by molar-refractivity contribution is 0.0972. The molecule has 1 rings (SSSR count). The van der Waals surface area contributed by atoms with E-state index in [-0.39, 0.29) is 5.78 Å². The molecule has 0 aliphatic rings. The van der Waals surface area contributed by atoms with E-state index < -0.39 is 0 Å². The van der Waals surface area contributed by atoms with Gasteiger partial charge >= 0.3 is 0 Å². The van der Waals surface area contributed by atoms with E-state index in [1.165, 1.54) is 0 Å². The van der Waals surface area contributed by atoms with Crippen LogP contribution in [0, 0.1) is 6.92 Å². The molecular formula is C11H14N2O. The Bertz CT molecular complexity index is 341. The van der Waals surface area contributed by atoms with Gasteiger partial charge in [0, 0.05) is 18.8 Å². The number of ketones is 1. The Morgan fingerprint density at radius 3 is 2.43 bits per heavy atom. The van der Waals surface area contributed by atoms with Crippen LogP contribution in [0.15, 0.2) is 24.5 Å². The van der Waals surface area contributed by atoms with Crippen LogP contribution in [0.25, 0.3) is 0 Å². The van der Waals surface area contributed by atoms with Gasteiger partial charge in [-0.05, 0) is 25.8 Å². The number of nitrogens with zero attached hydrogens (tertiary/aromatic N) is 2. The second kappa shape index (κ2) is 4.65. The van der Waals surface area contributed by atoms with Crippen molar-refractivity contribution in [2.45, 2.75) is 26.7 Å². The van der Waals surface area contributed by atoms with Crippen molar-refractivity contribution < 1.29 is 4.79 Å². The molecule has 0 fully saturated rings. The highest BCUT2D eigenvalue weighted by Crippen LogP contribution is 2.05. The molecular weight excluding hydrogens is 176 g/mol. The molecule has 0 spiro atoms. The maximum atomic E-state index is 11.5.